The van der Waals surface area contributed by atoms with E-state index in [4.69, 9.17) is 9.26 Å². The minimum Gasteiger partial charge on any atom is -0.378 e. The number of nitrogens with one attached hydrogen (secondary N) is 1. The molecule has 0 radical (unpaired) electrons. The second-order valence-electron chi connectivity index (χ2n) is 7.55. The number of sulfonamides is 1. The van der Waals surface area contributed by atoms with E-state index in [1.165, 1.54) is 25.1 Å². The fourth-order valence-electron chi connectivity index (χ4n) is 3.34. The van der Waals surface area contributed by atoms with Crippen LogP contribution >= 0.6 is 0 Å². The summed E-state index contributed by atoms with van der Waals surface area (Å²) in [5.74, 6) is -0.568. The van der Waals surface area contributed by atoms with Gasteiger partial charge in [0.05, 0.1) is 18.1 Å². The molecule has 4 rings (SSSR count). The molecule has 10 nitrogen and oxygen atoms in total. The van der Waals surface area contributed by atoms with E-state index in [0.717, 1.165) is 0 Å². The molecule has 0 unspecified atom stereocenters. The van der Waals surface area contributed by atoms with Gasteiger partial charge in [-0.3, -0.25) is 14.3 Å². The smallest absolute Gasteiger partial charge is 0.316 e. The predicted octanol–water partition coefficient (Wildman–Crippen LogP) is 2.52. The van der Waals surface area contributed by atoms with Crippen LogP contribution in [0.5, 0.6) is 0 Å². The number of hydrogen-bond acceptors (Lipinski definition) is 8. The molecule has 1 aliphatic rings. The molecule has 2 aromatic carbocycles. The van der Waals surface area contributed by atoms with Crippen LogP contribution in [0.25, 0.3) is 11.4 Å². The number of carbonyl (C=O) groups excluding carboxylic acids is 2. The summed E-state index contributed by atoms with van der Waals surface area (Å²) in [5, 5.41) is 3.85. The highest BCUT2D eigenvalue weighted by atomic mass is 32.2. The highest BCUT2D eigenvalue weighted by molar-refractivity contribution is 7.92. The van der Waals surface area contributed by atoms with Crippen LogP contribution in [0.2, 0.25) is 0 Å². The van der Waals surface area contributed by atoms with Gasteiger partial charge in [0.15, 0.2) is 5.78 Å². The molecule has 0 aliphatic carbocycles. The van der Waals surface area contributed by atoms with Crippen molar-refractivity contribution in [2.45, 2.75) is 18.7 Å². The van der Waals surface area contributed by atoms with Crippen LogP contribution in [0.3, 0.4) is 0 Å². The lowest BCUT2D eigenvalue weighted by Crippen LogP contribution is -2.40. The van der Waals surface area contributed by atoms with E-state index < -0.39 is 15.9 Å². The number of carbonyl (C=O) groups is 2. The summed E-state index contributed by atoms with van der Waals surface area (Å²) in [5.41, 5.74) is 1.70. The van der Waals surface area contributed by atoms with E-state index >= 15 is 0 Å². The number of anilines is 1. The third kappa shape index (κ3) is 4.94. The molecular formula is C22H22N4O6S. The van der Waals surface area contributed by atoms with Crippen molar-refractivity contribution in [2.24, 2.45) is 0 Å². The van der Waals surface area contributed by atoms with Crippen LogP contribution in [-0.2, 0) is 14.8 Å². The molecule has 1 fully saturated rings. The maximum Gasteiger partial charge on any atom is 0.316 e. The quantitative estimate of drug-likeness (QED) is 0.544. The zero-order valence-electron chi connectivity index (χ0n) is 18.1. The SMILES string of the molecule is CC(=O)c1ccc(NS(=O)(=O)c2cc(-c3noc(C(=O)N4CCOCC4)n3)ccc2C)cc1. The van der Waals surface area contributed by atoms with E-state index in [1.54, 1.807) is 36.1 Å². The monoisotopic (exact) mass is 470 g/mol. The summed E-state index contributed by atoms with van der Waals surface area (Å²) in [7, 11) is -3.94. The average Bonchev–Trinajstić information content (AvgIpc) is 3.30. The van der Waals surface area contributed by atoms with Crippen molar-refractivity contribution in [3.8, 4) is 11.4 Å². The Hall–Kier alpha value is -3.57. The predicted molar refractivity (Wildman–Crippen MR) is 118 cm³/mol. The third-order valence-electron chi connectivity index (χ3n) is 5.19. The lowest BCUT2D eigenvalue weighted by Gasteiger charge is -2.25. The van der Waals surface area contributed by atoms with Gasteiger partial charge in [-0.15, -0.1) is 0 Å². The van der Waals surface area contributed by atoms with Crippen LogP contribution in [0, 0.1) is 6.92 Å². The van der Waals surface area contributed by atoms with Crippen molar-refractivity contribution in [1.82, 2.24) is 15.0 Å². The van der Waals surface area contributed by atoms with Gasteiger partial charge in [-0.05, 0) is 49.7 Å². The number of ketones is 1. The molecule has 0 saturated carbocycles. The largest absolute Gasteiger partial charge is 0.378 e. The molecule has 11 heteroatoms. The van der Waals surface area contributed by atoms with Crippen LogP contribution in [0.15, 0.2) is 51.9 Å². The fourth-order valence-corrected chi connectivity index (χ4v) is 4.67. The number of aryl methyl sites for hydroxylation is 1. The van der Waals surface area contributed by atoms with Crippen molar-refractivity contribution in [1.29, 1.82) is 0 Å². The minimum absolute atomic E-state index is 0.0292. The Morgan fingerprint density at radius 2 is 1.76 bits per heavy atom. The Kier molecular flexibility index (Phi) is 6.25. The molecule has 1 aliphatic heterocycles. The summed E-state index contributed by atoms with van der Waals surface area (Å²) < 4.78 is 38.9. The molecule has 2 heterocycles. The number of morpholine rings is 1. The van der Waals surface area contributed by atoms with E-state index in [0.29, 0.717) is 48.7 Å². The topological polar surface area (TPSA) is 132 Å². The molecule has 1 saturated heterocycles. The Labute approximate surface area is 190 Å². The number of aromatic nitrogens is 2. The van der Waals surface area contributed by atoms with Gasteiger partial charge < -0.3 is 14.2 Å². The highest BCUT2D eigenvalue weighted by Crippen LogP contribution is 2.25. The first-order chi connectivity index (χ1) is 15.7. The van der Waals surface area contributed by atoms with Crippen molar-refractivity contribution < 1.29 is 27.3 Å². The third-order valence-corrected chi connectivity index (χ3v) is 6.71. The Bertz CT molecular complexity index is 1290. The van der Waals surface area contributed by atoms with E-state index in [9.17, 15) is 18.0 Å². The lowest BCUT2D eigenvalue weighted by atomic mass is 10.1. The van der Waals surface area contributed by atoms with Crippen LogP contribution in [-0.4, -0.2) is 61.5 Å². The highest BCUT2D eigenvalue weighted by Gasteiger charge is 2.25. The number of rotatable bonds is 6. The molecule has 0 bridgehead atoms. The van der Waals surface area contributed by atoms with Gasteiger partial charge in [-0.25, -0.2) is 8.42 Å². The molecule has 0 spiro atoms. The Morgan fingerprint density at radius 1 is 1.06 bits per heavy atom. The summed E-state index contributed by atoms with van der Waals surface area (Å²) in [4.78, 5) is 29.7. The van der Waals surface area contributed by atoms with Crippen LogP contribution in [0.4, 0.5) is 5.69 Å². The van der Waals surface area contributed by atoms with Gasteiger partial charge >= 0.3 is 11.8 Å². The van der Waals surface area contributed by atoms with Crippen LogP contribution in [0.1, 0.15) is 33.5 Å². The van der Waals surface area contributed by atoms with Crippen molar-refractivity contribution in [2.75, 3.05) is 31.0 Å². The van der Waals surface area contributed by atoms with Gasteiger partial charge in [0.2, 0.25) is 5.82 Å². The molecule has 0 atom stereocenters. The first-order valence-electron chi connectivity index (χ1n) is 10.2. The normalized spacial score (nSPS) is 14.2. The number of amides is 1. The first kappa shape index (κ1) is 22.6. The van der Waals surface area contributed by atoms with E-state index in [1.807, 2.05) is 0 Å². The standard InChI is InChI=1S/C22H22N4O6S/c1-14-3-4-17(20-23-21(32-24-20)22(28)26-9-11-31-12-10-26)13-19(14)33(29,30)25-18-7-5-16(6-8-18)15(2)27/h3-8,13,25H,9-12H2,1-2H3. The number of ether oxygens (including phenoxy) is 1. The molecule has 1 amide bonds. The van der Waals surface area contributed by atoms with Crippen molar-refractivity contribution >= 4 is 27.4 Å². The van der Waals surface area contributed by atoms with Gasteiger partial charge in [0.1, 0.15) is 0 Å². The number of nitrogens with zero attached hydrogens (tertiary/aromatic N) is 3. The zero-order chi connectivity index (χ0) is 23.6. The Morgan fingerprint density at radius 3 is 2.42 bits per heavy atom. The maximum absolute atomic E-state index is 13.0. The van der Waals surface area contributed by atoms with Crippen molar-refractivity contribution in [3.05, 3.63) is 59.5 Å². The maximum atomic E-state index is 13.0. The summed E-state index contributed by atoms with van der Waals surface area (Å²) >= 11 is 0. The first-order valence-corrected chi connectivity index (χ1v) is 11.7. The van der Waals surface area contributed by atoms with Crippen LogP contribution < -0.4 is 4.72 Å². The second-order valence-corrected chi connectivity index (χ2v) is 9.20. The van der Waals surface area contributed by atoms with Crippen molar-refractivity contribution in [3.63, 3.8) is 0 Å². The Balaban J connectivity index is 1.58. The second kappa shape index (κ2) is 9.12. The summed E-state index contributed by atoms with van der Waals surface area (Å²) in [6.07, 6.45) is 0. The molecular weight excluding hydrogens is 448 g/mol. The summed E-state index contributed by atoms with van der Waals surface area (Å²) in [6, 6.07) is 10.9. The average molecular weight is 471 g/mol. The molecule has 1 aromatic heterocycles. The number of benzene rings is 2. The molecule has 1 N–H and O–H groups in total. The van der Waals surface area contributed by atoms with E-state index in [-0.39, 0.29) is 22.4 Å². The van der Waals surface area contributed by atoms with Gasteiger partial charge in [0, 0.05) is 29.9 Å². The van der Waals surface area contributed by atoms with Gasteiger partial charge in [-0.2, -0.15) is 4.98 Å². The number of Topliss-reactive ketones (excluding diaryl/α,β-unsaturated/α-hetero) is 1. The molecule has 33 heavy (non-hydrogen) atoms. The van der Waals surface area contributed by atoms with E-state index in [2.05, 4.69) is 14.9 Å². The molecule has 3 aromatic rings. The fraction of sp³-hybridized carbons (Fsp3) is 0.273. The van der Waals surface area contributed by atoms with Gasteiger partial charge in [-0.1, -0.05) is 17.3 Å². The number of hydrogen-bond donors (Lipinski definition) is 1. The minimum atomic E-state index is -3.94. The van der Waals surface area contributed by atoms with Gasteiger partial charge in [0.25, 0.3) is 10.0 Å². The lowest BCUT2D eigenvalue weighted by molar-refractivity contribution is 0.0272. The molecule has 172 valence electrons. The zero-order valence-corrected chi connectivity index (χ0v) is 18.9. The summed E-state index contributed by atoms with van der Waals surface area (Å²) in [6.45, 7) is 4.85.